The number of likely N-dealkylation sites (N-methyl/N-ethyl adjacent to an activating group) is 1. The quantitative estimate of drug-likeness (QED) is 0.0393. The Bertz CT molecular complexity index is 2770. The van der Waals surface area contributed by atoms with E-state index >= 15 is 0 Å². The molecule has 23 heteroatoms. The standard InChI is InChI=1S/C70H131N23/c1-28-92(33-29-31-71-53-73-47(2)74-55(75-53)87(23)48-37-61(3,4)82-62(5,6)38-48)35-36-93(60-80-58(90(26)51-43-67(15,16)85-68(17,18)44-51)79-59(81-60)91(27)52-45-69(19,20)86-70(21,22)46-52)34-30-32-72-54-76-56(88(24)49-39-63(7,8)83-64(9,10)40-49)78-57(77-54)89(25)50-41-65(11,12)84-66(13,14)42-50/h48-52,82-86H,28-46H2,1-27H3,(H,71,73,74,75)(H,72,76,77,78). The Morgan fingerprint density at radius 1 is 0.323 bits per heavy atom. The average molecular weight is 1290 g/mol. The Morgan fingerprint density at radius 2 is 0.570 bits per heavy atom. The third-order valence-electron chi connectivity index (χ3n) is 20.3. The van der Waals surface area contributed by atoms with Crippen LogP contribution in [-0.4, -0.2) is 216 Å². The van der Waals surface area contributed by atoms with Gasteiger partial charge in [-0.1, -0.05) is 6.92 Å². The second-order valence-corrected chi connectivity index (χ2v) is 35.8. The molecule has 3 aromatic rings. The molecule has 23 nitrogen and oxygen atoms in total. The highest BCUT2D eigenvalue weighted by atomic mass is 15.4. The first-order valence-electron chi connectivity index (χ1n) is 35.5. The fraction of sp³-hybridized carbons (Fsp3) is 0.871. The highest BCUT2D eigenvalue weighted by Gasteiger charge is 2.46. The van der Waals surface area contributed by atoms with E-state index in [0.717, 1.165) is 103 Å². The summed E-state index contributed by atoms with van der Waals surface area (Å²) in [5, 5.41) is 26.8. The van der Waals surface area contributed by atoms with Crippen LogP contribution in [0.4, 0.5) is 47.6 Å². The molecule has 526 valence electrons. The van der Waals surface area contributed by atoms with Gasteiger partial charge in [-0.05, 0) is 236 Å². The molecule has 8 rings (SSSR count). The van der Waals surface area contributed by atoms with Gasteiger partial charge in [0.05, 0.1) is 0 Å². The van der Waals surface area contributed by atoms with E-state index in [-0.39, 0.29) is 79.6 Å². The molecule has 3 aromatic heterocycles. The van der Waals surface area contributed by atoms with Crippen LogP contribution in [0.3, 0.4) is 0 Å². The van der Waals surface area contributed by atoms with Crippen molar-refractivity contribution in [3.63, 3.8) is 0 Å². The zero-order valence-corrected chi connectivity index (χ0v) is 63.5. The molecule has 93 heavy (non-hydrogen) atoms. The van der Waals surface area contributed by atoms with Gasteiger partial charge in [-0.25, -0.2) is 0 Å². The van der Waals surface area contributed by atoms with Crippen molar-refractivity contribution in [1.29, 1.82) is 0 Å². The lowest BCUT2D eigenvalue weighted by molar-refractivity contribution is 0.159. The molecule has 0 atom stereocenters. The van der Waals surface area contributed by atoms with Gasteiger partial charge >= 0.3 is 0 Å². The topological polar surface area (TPSA) is 223 Å². The fourth-order valence-electron chi connectivity index (χ4n) is 17.8. The van der Waals surface area contributed by atoms with Crippen molar-refractivity contribution in [1.82, 2.24) is 76.3 Å². The number of aromatic nitrogens is 9. The molecule has 0 radical (unpaired) electrons. The first-order chi connectivity index (χ1) is 42.7. The van der Waals surface area contributed by atoms with Gasteiger partial charge in [0.1, 0.15) is 5.82 Å². The Morgan fingerprint density at radius 3 is 0.860 bits per heavy atom. The number of nitrogens with one attached hydrogen (secondary N) is 7. The van der Waals surface area contributed by atoms with E-state index in [9.17, 15) is 0 Å². The van der Waals surface area contributed by atoms with E-state index in [4.69, 9.17) is 44.9 Å². The van der Waals surface area contributed by atoms with E-state index in [1.165, 1.54) is 0 Å². The lowest BCUT2D eigenvalue weighted by Gasteiger charge is -2.49. The maximum Gasteiger partial charge on any atom is 0.232 e. The molecule has 7 N–H and O–H groups in total. The van der Waals surface area contributed by atoms with Crippen LogP contribution in [0.25, 0.3) is 0 Å². The third-order valence-corrected chi connectivity index (χ3v) is 20.3. The van der Waals surface area contributed by atoms with Crippen LogP contribution in [0.5, 0.6) is 0 Å². The Kier molecular flexibility index (Phi) is 22.0. The van der Waals surface area contributed by atoms with Crippen LogP contribution >= 0.6 is 0 Å². The van der Waals surface area contributed by atoms with Crippen LogP contribution < -0.4 is 66.6 Å². The predicted molar refractivity (Wildman–Crippen MR) is 388 cm³/mol. The van der Waals surface area contributed by atoms with Gasteiger partial charge in [-0.2, -0.15) is 44.9 Å². The second kappa shape index (κ2) is 27.6. The summed E-state index contributed by atoms with van der Waals surface area (Å²) in [6.07, 6.45) is 11.4. The van der Waals surface area contributed by atoms with E-state index in [0.29, 0.717) is 79.1 Å². The van der Waals surface area contributed by atoms with Gasteiger partial charge in [-0.3, -0.25) is 0 Å². The molecule has 5 saturated heterocycles. The predicted octanol–water partition coefficient (Wildman–Crippen LogP) is 9.41. The molecule has 0 aliphatic carbocycles. The SMILES string of the molecule is CCN(CCCNc1nc(C)nc(N(C)C2CC(C)(C)NC(C)(C)C2)n1)CCN(CCCNc1nc(N(C)C2CC(C)(C)NC(C)(C)C2)nc(N(C)C2CC(C)(C)NC(C)(C)C2)n1)c1nc(N(C)C2CC(C)(C)NC(C)(C)C2)nc(N(C)C2CC(C)(C)NC(C)(C)C2)n1. The highest BCUT2D eigenvalue weighted by Crippen LogP contribution is 2.39. The first kappa shape index (κ1) is 74.0. The van der Waals surface area contributed by atoms with Crippen molar-refractivity contribution in [2.75, 3.05) is 121 Å². The smallest absolute Gasteiger partial charge is 0.232 e. The second-order valence-electron chi connectivity index (χ2n) is 35.8. The first-order valence-corrected chi connectivity index (χ1v) is 35.5. The minimum atomic E-state index is -0.0697. The highest BCUT2D eigenvalue weighted by molar-refractivity contribution is 5.49. The van der Waals surface area contributed by atoms with Crippen molar-refractivity contribution >= 4 is 47.6 Å². The molecule has 0 bridgehead atoms. The summed E-state index contributed by atoms with van der Waals surface area (Å²) < 4.78 is 0. The number of hydrogen-bond donors (Lipinski definition) is 7. The molecule has 8 heterocycles. The summed E-state index contributed by atoms with van der Waals surface area (Å²) in [4.78, 5) is 63.5. The number of hydrogen-bond acceptors (Lipinski definition) is 23. The van der Waals surface area contributed by atoms with Gasteiger partial charge in [0.15, 0.2) is 0 Å². The maximum absolute atomic E-state index is 5.54. The van der Waals surface area contributed by atoms with Crippen molar-refractivity contribution in [3.8, 4) is 0 Å². The van der Waals surface area contributed by atoms with E-state index in [2.05, 4.69) is 252 Å². The normalized spacial score (nSPS) is 23.3. The molecule has 0 spiro atoms. The number of piperidine rings is 5. The van der Waals surface area contributed by atoms with E-state index < -0.39 is 0 Å². The third kappa shape index (κ3) is 20.4. The van der Waals surface area contributed by atoms with Crippen molar-refractivity contribution in [3.05, 3.63) is 5.82 Å². The molecule has 5 aliphatic heterocycles. The number of anilines is 8. The van der Waals surface area contributed by atoms with Crippen LogP contribution in [0, 0.1) is 6.92 Å². The molecule has 0 aromatic carbocycles. The van der Waals surface area contributed by atoms with E-state index in [1.54, 1.807) is 0 Å². The summed E-state index contributed by atoms with van der Waals surface area (Å²) in [6, 6.07) is 1.18. The lowest BCUT2D eigenvalue weighted by Crippen LogP contribution is -2.62. The molecular weight excluding hydrogens is 1160 g/mol. The van der Waals surface area contributed by atoms with Crippen LogP contribution in [0.15, 0.2) is 0 Å². The summed E-state index contributed by atoms with van der Waals surface area (Å²) in [6.45, 7) is 55.8. The monoisotopic (exact) mass is 1290 g/mol. The minimum Gasteiger partial charge on any atom is -0.354 e. The van der Waals surface area contributed by atoms with Gasteiger partial charge in [0, 0.05) is 154 Å². The maximum atomic E-state index is 5.54. The zero-order valence-electron chi connectivity index (χ0n) is 63.5. The van der Waals surface area contributed by atoms with Crippen LogP contribution in [-0.2, 0) is 0 Å². The van der Waals surface area contributed by atoms with Gasteiger partial charge in [-0.15, -0.1) is 0 Å². The fourth-order valence-corrected chi connectivity index (χ4v) is 17.8. The Hall–Kier alpha value is -4.81. The molecule has 0 unspecified atom stereocenters. The molecule has 5 aliphatic rings. The van der Waals surface area contributed by atoms with Crippen LogP contribution in [0.2, 0.25) is 0 Å². The summed E-state index contributed by atoms with van der Waals surface area (Å²) in [5.74, 6) is 6.14. The molecular formula is C70H131N23. The Balaban J connectivity index is 1.08. The Labute approximate surface area is 563 Å². The lowest BCUT2D eigenvalue weighted by atomic mass is 9.79. The van der Waals surface area contributed by atoms with Gasteiger partial charge in [0.25, 0.3) is 0 Å². The average Bonchev–Trinajstić information content (AvgIpc) is 0.796. The molecule has 5 fully saturated rings. The minimum absolute atomic E-state index is 0.00386. The number of nitrogens with zero attached hydrogens (tertiary/aromatic N) is 16. The largest absolute Gasteiger partial charge is 0.354 e. The summed E-state index contributed by atoms with van der Waals surface area (Å²) >= 11 is 0. The van der Waals surface area contributed by atoms with Crippen molar-refractivity contribution < 1.29 is 0 Å². The zero-order chi connectivity index (χ0) is 68.9. The molecule has 0 amide bonds. The van der Waals surface area contributed by atoms with Gasteiger partial charge < -0.3 is 71.5 Å². The number of rotatable bonds is 25. The number of aryl methyl sites for hydroxylation is 1. The van der Waals surface area contributed by atoms with Crippen LogP contribution in [0.1, 0.15) is 228 Å². The molecule has 0 saturated carbocycles. The van der Waals surface area contributed by atoms with E-state index in [1.807, 2.05) is 6.92 Å². The van der Waals surface area contributed by atoms with Crippen molar-refractivity contribution in [2.24, 2.45) is 0 Å². The summed E-state index contributed by atoms with van der Waals surface area (Å²) in [5.41, 5.74) is -0.472. The van der Waals surface area contributed by atoms with Crippen molar-refractivity contribution in [2.45, 2.75) is 315 Å². The van der Waals surface area contributed by atoms with Gasteiger partial charge in [0.2, 0.25) is 47.6 Å². The summed E-state index contributed by atoms with van der Waals surface area (Å²) in [7, 11) is 10.9.